The number of benzene rings is 1. The molecule has 5 rings (SSSR count). The van der Waals surface area contributed by atoms with E-state index in [2.05, 4.69) is 21.4 Å². The van der Waals surface area contributed by atoms with E-state index in [9.17, 15) is 21.6 Å². The Kier molecular flexibility index (Phi) is 7.60. The van der Waals surface area contributed by atoms with E-state index in [0.29, 0.717) is 18.8 Å². The average Bonchev–Trinajstić information content (AvgIpc) is 3.69. The fourth-order valence-electron chi connectivity index (χ4n) is 5.29. The fraction of sp³-hybridized carbons (Fsp3) is 0.750. The monoisotopic (exact) mass is 487 g/mol. The first-order chi connectivity index (χ1) is 15.7. The number of fused-ring (bicyclic) bond motifs is 1. The van der Waals surface area contributed by atoms with Crippen molar-refractivity contribution < 1.29 is 21.6 Å². The van der Waals surface area contributed by atoms with E-state index < -0.39 is 15.9 Å². The summed E-state index contributed by atoms with van der Waals surface area (Å²) in [5, 5.41) is -0.257. The highest BCUT2D eigenvalue weighted by molar-refractivity contribution is 7.93. The zero-order valence-electron chi connectivity index (χ0n) is 19.4. The zero-order chi connectivity index (χ0) is 23.6. The van der Waals surface area contributed by atoms with Crippen LogP contribution in [0.1, 0.15) is 45.4 Å². The molecular weight excluding hydrogens is 451 g/mol. The minimum atomic E-state index is -3.23. The van der Waals surface area contributed by atoms with E-state index in [4.69, 9.17) is 0 Å². The highest BCUT2D eigenvalue weighted by Crippen LogP contribution is 2.53. The van der Waals surface area contributed by atoms with Crippen molar-refractivity contribution in [3.63, 3.8) is 0 Å². The van der Waals surface area contributed by atoms with Crippen molar-refractivity contribution in [3.05, 3.63) is 30.1 Å². The standard InChI is InChI=1S/C15H26F2N2.C9H10FNO2S/c1-2-12-13-10-19(11-14(12)13)7-3-6-18-8-4-15(16,17)5-9-18;10-7-1-3-8(4-2-7)11-14(12,13)9-5-6-9/h12-14H,2-11H2,1H3;1-4,9,11H,5-6H2. The second-order valence-electron chi connectivity index (χ2n) is 10.1. The molecule has 5 nitrogen and oxygen atoms in total. The molecule has 1 aromatic carbocycles. The molecule has 9 heteroatoms. The second-order valence-corrected chi connectivity index (χ2v) is 12.0. The van der Waals surface area contributed by atoms with E-state index in [1.54, 1.807) is 0 Å². The summed E-state index contributed by atoms with van der Waals surface area (Å²) in [6.07, 6.45) is 4.04. The van der Waals surface area contributed by atoms with Gasteiger partial charge in [0.15, 0.2) is 0 Å². The van der Waals surface area contributed by atoms with Crippen molar-refractivity contribution in [1.29, 1.82) is 0 Å². The van der Waals surface area contributed by atoms with Crippen LogP contribution in [-0.4, -0.2) is 68.7 Å². The molecule has 33 heavy (non-hydrogen) atoms. The smallest absolute Gasteiger partial charge is 0.250 e. The van der Waals surface area contributed by atoms with Gasteiger partial charge in [-0.3, -0.25) is 4.72 Å². The van der Waals surface area contributed by atoms with Crippen LogP contribution in [0.3, 0.4) is 0 Å². The van der Waals surface area contributed by atoms with Crippen LogP contribution in [-0.2, 0) is 10.0 Å². The van der Waals surface area contributed by atoms with Crippen LogP contribution in [0.2, 0.25) is 0 Å². The molecule has 186 valence electrons. The zero-order valence-corrected chi connectivity index (χ0v) is 20.2. The molecule has 0 amide bonds. The number of likely N-dealkylation sites (tertiary alicyclic amines) is 2. The molecule has 2 heterocycles. The van der Waals surface area contributed by atoms with E-state index in [1.807, 2.05) is 0 Å². The van der Waals surface area contributed by atoms with Gasteiger partial charge < -0.3 is 9.80 Å². The molecule has 4 fully saturated rings. The van der Waals surface area contributed by atoms with E-state index in [1.165, 1.54) is 43.8 Å². The summed E-state index contributed by atoms with van der Waals surface area (Å²) in [4.78, 5) is 4.79. The number of piperidine rings is 2. The van der Waals surface area contributed by atoms with Crippen LogP contribution in [0.15, 0.2) is 24.3 Å². The Morgan fingerprint density at radius 1 is 1.00 bits per heavy atom. The van der Waals surface area contributed by atoms with Crippen LogP contribution in [0.25, 0.3) is 0 Å². The normalized spacial score (nSPS) is 29.2. The van der Waals surface area contributed by atoms with Crippen LogP contribution < -0.4 is 4.72 Å². The molecular formula is C24H36F3N3O2S. The van der Waals surface area contributed by atoms with E-state index >= 15 is 0 Å². The Balaban J connectivity index is 0.000000165. The van der Waals surface area contributed by atoms with E-state index in [0.717, 1.165) is 50.1 Å². The molecule has 2 saturated heterocycles. The van der Waals surface area contributed by atoms with Crippen LogP contribution in [0.4, 0.5) is 18.9 Å². The van der Waals surface area contributed by atoms with Gasteiger partial charge in [0.05, 0.1) is 5.25 Å². The van der Waals surface area contributed by atoms with Gasteiger partial charge in [0.25, 0.3) is 5.92 Å². The van der Waals surface area contributed by atoms with Crippen molar-refractivity contribution in [2.75, 3.05) is 44.0 Å². The number of anilines is 1. The van der Waals surface area contributed by atoms with E-state index in [-0.39, 0.29) is 23.9 Å². The third-order valence-corrected chi connectivity index (χ3v) is 9.39. The van der Waals surface area contributed by atoms with Crippen molar-refractivity contribution in [1.82, 2.24) is 9.80 Å². The van der Waals surface area contributed by atoms with Crippen LogP contribution in [0.5, 0.6) is 0 Å². The molecule has 0 spiro atoms. The number of alkyl halides is 2. The van der Waals surface area contributed by atoms with Crippen molar-refractivity contribution in [3.8, 4) is 0 Å². The lowest BCUT2D eigenvalue weighted by Crippen LogP contribution is -2.40. The number of nitrogens with zero attached hydrogens (tertiary/aromatic N) is 2. The number of rotatable bonds is 8. The highest BCUT2D eigenvalue weighted by atomic mass is 32.2. The van der Waals surface area contributed by atoms with Crippen LogP contribution >= 0.6 is 0 Å². The van der Waals surface area contributed by atoms with Crippen LogP contribution in [0, 0.1) is 23.6 Å². The molecule has 2 aliphatic heterocycles. The lowest BCUT2D eigenvalue weighted by molar-refractivity contribution is -0.0553. The fourth-order valence-corrected chi connectivity index (χ4v) is 6.68. The maximum atomic E-state index is 13.0. The number of hydrogen-bond acceptors (Lipinski definition) is 4. The van der Waals surface area contributed by atoms with Crippen molar-refractivity contribution in [2.24, 2.45) is 17.8 Å². The second kappa shape index (κ2) is 10.1. The molecule has 1 aromatic rings. The van der Waals surface area contributed by atoms with Gasteiger partial charge in [-0.05, 0) is 74.4 Å². The average molecular weight is 488 g/mol. The molecule has 0 radical (unpaired) electrons. The molecule has 0 aromatic heterocycles. The van der Waals surface area contributed by atoms with Gasteiger partial charge in [-0.25, -0.2) is 21.6 Å². The van der Waals surface area contributed by atoms with Crippen molar-refractivity contribution >= 4 is 15.7 Å². The summed E-state index contributed by atoms with van der Waals surface area (Å²) in [5.41, 5.74) is 0.415. The predicted molar refractivity (Wildman–Crippen MR) is 124 cm³/mol. The Morgan fingerprint density at radius 3 is 2.12 bits per heavy atom. The number of halogens is 3. The minimum absolute atomic E-state index is 0.0546. The first-order valence-corrected chi connectivity index (χ1v) is 13.8. The van der Waals surface area contributed by atoms with Gasteiger partial charge in [-0.15, -0.1) is 0 Å². The van der Waals surface area contributed by atoms with Crippen molar-refractivity contribution in [2.45, 2.75) is 56.6 Å². The first-order valence-electron chi connectivity index (χ1n) is 12.3. The number of sulfonamides is 1. The highest BCUT2D eigenvalue weighted by Gasteiger charge is 2.53. The number of nitrogens with one attached hydrogen (secondary N) is 1. The molecule has 2 atom stereocenters. The van der Waals surface area contributed by atoms with Gasteiger partial charge in [0, 0.05) is 44.7 Å². The van der Waals surface area contributed by atoms with Gasteiger partial charge in [0.1, 0.15) is 5.82 Å². The summed E-state index contributed by atoms with van der Waals surface area (Å²) in [6.45, 7) is 8.21. The molecule has 0 bridgehead atoms. The van der Waals surface area contributed by atoms with Gasteiger partial charge in [0.2, 0.25) is 10.0 Å². The molecule has 1 N–H and O–H groups in total. The number of hydrogen-bond donors (Lipinski definition) is 1. The predicted octanol–water partition coefficient (Wildman–Crippen LogP) is 4.43. The minimum Gasteiger partial charge on any atom is -0.303 e. The topological polar surface area (TPSA) is 52.7 Å². The molecule has 2 unspecified atom stereocenters. The molecule has 2 aliphatic carbocycles. The summed E-state index contributed by atoms with van der Waals surface area (Å²) < 4.78 is 63.9. The summed E-state index contributed by atoms with van der Waals surface area (Å²) in [5.74, 6) is 0.208. The van der Waals surface area contributed by atoms with Gasteiger partial charge >= 0.3 is 0 Å². The Bertz CT molecular complexity index is 871. The molecule has 4 aliphatic rings. The third kappa shape index (κ3) is 6.85. The maximum Gasteiger partial charge on any atom is 0.250 e. The summed E-state index contributed by atoms with van der Waals surface area (Å²) in [7, 11) is -3.23. The summed E-state index contributed by atoms with van der Waals surface area (Å²) in [6, 6.07) is 5.28. The van der Waals surface area contributed by atoms with Gasteiger partial charge in [-0.1, -0.05) is 13.3 Å². The molecule has 2 saturated carbocycles. The maximum absolute atomic E-state index is 13.0. The first kappa shape index (κ1) is 24.8. The third-order valence-electron chi connectivity index (χ3n) is 7.52. The largest absolute Gasteiger partial charge is 0.303 e. The Labute approximate surface area is 195 Å². The lowest BCUT2D eigenvalue weighted by atomic mass is 10.1. The quantitative estimate of drug-likeness (QED) is 0.590. The Hall–Kier alpha value is -1.32. The Morgan fingerprint density at radius 2 is 1.58 bits per heavy atom. The summed E-state index contributed by atoms with van der Waals surface area (Å²) >= 11 is 0. The SMILES string of the molecule is CCC1C2CN(CCCN3CCC(F)(F)CC3)CC12.O=S(=O)(Nc1ccc(F)cc1)C1CC1. The lowest BCUT2D eigenvalue weighted by Gasteiger charge is -2.32. The van der Waals surface area contributed by atoms with Gasteiger partial charge in [-0.2, -0.15) is 0 Å².